The molecule has 0 saturated carbocycles. The van der Waals surface area contributed by atoms with Crippen molar-refractivity contribution in [3.8, 4) is 0 Å². The molecule has 2 heterocycles. The summed E-state index contributed by atoms with van der Waals surface area (Å²) in [6.45, 7) is 4.82. The summed E-state index contributed by atoms with van der Waals surface area (Å²) in [5.41, 5.74) is 0. The molecule has 1 fully saturated rings. The van der Waals surface area contributed by atoms with Gasteiger partial charge in [0.05, 0.1) is 16.9 Å². The topological polar surface area (TPSA) is 26.3 Å². The van der Waals surface area contributed by atoms with Gasteiger partial charge in [0.25, 0.3) is 0 Å². The number of Topliss-reactive ketones (excluding diaryl/α,β-unsaturated/α-hetero) is 1. The normalized spacial score (nSPS) is 24.9. The lowest BCUT2D eigenvalue weighted by molar-refractivity contribution is 0.0692. The Bertz CT molecular complexity index is 380. The van der Waals surface area contributed by atoms with Gasteiger partial charge in [-0.15, -0.1) is 11.3 Å². The van der Waals surface area contributed by atoms with Crippen molar-refractivity contribution in [2.24, 2.45) is 5.92 Å². The maximum Gasteiger partial charge on any atom is 0.178 e. The first-order chi connectivity index (χ1) is 7.63. The van der Waals surface area contributed by atoms with E-state index in [9.17, 15) is 4.79 Å². The Morgan fingerprint density at radius 2 is 2.44 bits per heavy atom. The predicted octanol–water partition coefficient (Wildman–Crippen LogP) is 3.82. The Morgan fingerprint density at radius 3 is 3.00 bits per heavy atom. The highest BCUT2D eigenvalue weighted by Crippen LogP contribution is 2.32. The van der Waals surface area contributed by atoms with Gasteiger partial charge in [-0.3, -0.25) is 4.79 Å². The summed E-state index contributed by atoms with van der Waals surface area (Å²) in [6.07, 6.45) is 1.90. The maximum atomic E-state index is 12.3. The fourth-order valence-electron chi connectivity index (χ4n) is 2.11. The minimum Gasteiger partial charge on any atom is -0.377 e. The highest BCUT2D eigenvalue weighted by Gasteiger charge is 2.34. The molecule has 0 amide bonds. The maximum absolute atomic E-state index is 12.3. The molecule has 16 heavy (non-hydrogen) atoms. The monoisotopic (exact) mass is 302 g/mol. The standard InChI is InChI=1S/C12H15BrO2S/c1-3-10-8(4-5-15-10)12(14)11-6-9(13)7(2)16-11/h6,8,10H,3-5H2,1-2H3. The van der Waals surface area contributed by atoms with Crippen molar-refractivity contribution >= 4 is 33.0 Å². The zero-order chi connectivity index (χ0) is 11.7. The summed E-state index contributed by atoms with van der Waals surface area (Å²) >= 11 is 5.02. The van der Waals surface area contributed by atoms with Crippen LogP contribution in [0.25, 0.3) is 0 Å². The predicted molar refractivity (Wildman–Crippen MR) is 69.2 cm³/mol. The number of halogens is 1. The van der Waals surface area contributed by atoms with E-state index in [2.05, 4.69) is 22.9 Å². The van der Waals surface area contributed by atoms with Crippen molar-refractivity contribution in [2.75, 3.05) is 6.61 Å². The van der Waals surface area contributed by atoms with Crippen LogP contribution in [-0.4, -0.2) is 18.5 Å². The van der Waals surface area contributed by atoms with Gasteiger partial charge in [0, 0.05) is 16.0 Å². The third-order valence-corrected chi connectivity index (χ3v) is 5.20. The molecule has 0 N–H and O–H groups in total. The Morgan fingerprint density at radius 1 is 1.69 bits per heavy atom. The summed E-state index contributed by atoms with van der Waals surface area (Å²) in [6, 6.07) is 1.94. The summed E-state index contributed by atoms with van der Waals surface area (Å²) in [4.78, 5) is 14.3. The van der Waals surface area contributed by atoms with E-state index in [-0.39, 0.29) is 17.8 Å². The SMILES string of the molecule is CCC1OCCC1C(=O)c1cc(Br)c(C)s1. The zero-order valence-electron chi connectivity index (χ0n) is 9.46. The van der Waals surface area contributed by atoms with E-state index in [1.54, 1.807) is 11.3 Å². The molecule has 0 aliphatic carbocycles. The molecule has 1 aromatic rings. The number of hydrogen-bond donors (Lipinski definition) is 0. The van der Waals surface area contributed by atoms with Gasteiger partial charge in [0.15, 0.2) is 5.78 Å². The molecular formula is C12H15BrO2S. The average molecular weight is 303 g/mol. The Balaban J connectivity index is 2.18. The minimum atomic E-state index is 0.0648. The van der Waals surface area contributed by atoms with Crippen molar-refractivity contribution in [2.45, 2.75) is 32.8 Å². The second-order valence-corrected chi connectivity index (χ2v) is 6.20. The molecule has 88 valence electrons. The lowest BCUT2D eigenvalue weighted by atomic mass is 9.94. The first kappa shape index (κ1) is 12.3. The number of carbonyl (C=O) groups excluding carboxylic acids is 1. The molecule has 4 heteroatoms. The van der Waals surface area contributed by atoms with E-state index in [1.807, 2.05) is 13.0 Å². The molecule has 1 saturated heterocycles. The Kier molecular flexibility index (Phi) is 3.82. The van der Waals surface area contributed by atoms with E-state index >= 15 is 0 Å². The minimum absolute atomic E-state index is 0.0648. The lowest BCUT2D eigenvalue weighted by Crippen LogP contribution is -2.23. The van der Waals surface area contributed by atoms with Crippen molar-refractivity contribution in [3.63, 3.8) is 0 Å². The van der Waals surface area contributed by atoms with Crippen LogP contribution in [0, 0.1) is 12.8 Å². The van der Waals surface area contributed by atoms with Crippen molar-refractivity contribution in [3.05, 3.63) is 20.3 Å². The van der Waals surface area contributed by atoms with Gasteiger partial charge in [-0.25, -0.2) is 0 Å². The number of ether oxygens (including phenoxy) is 1. The largest absolute Gasteiger partial charge is 0.377 e. The molecular weight excluding hydrogens is 288 g/mol. The van der Waals surface area contributed by atoms with Crippen LogP contribution in [0.4, 0.5) is 0 Å². The fourth-order valence-corrected chi connectivity index (χ4v) is 3.65. The van der Waals surface area contributed by atoms with Crippen molar-refractivity contribution in [1.29, 1.82) is 0 Å². The molecule has 1 aliphatic rings. The molecule has 1 aromatic heterocycles. The first-order valence-corrected chi connectivity index (χ1v) is 7.16. The summed E-state index contributed by atoms with van der Waals surface area (Å²) < 4.78 is 6.60. The zero-order valence-corrected chi connectivity index (χ0v) is 11.9. The van der Waals surface area contributed by atoms with Crippen LogP contribution in [0.15, 0.2) is 10.5 Å². The molecule has 0 bridgehead atoms. The van der Waals surface area contributed by atoms with Crippen molar-refractivity contribution in [1.82, 2.24) is 0 Å². The smallest absolute Gasteiger partial charge is 0.178 e. The highest BCUT2D eigenvalue weighted by molar-refractivity contribution is 9.10. The van der Waals surface area contributed by atoms with Crippen LogP contribution in [0.3, 0.4) is 0 Å². The molecule has 0 radical (unpaired) electrons. The van der Waals surface area contributed by atoms with Gasteiger partial charge >= 0.3 is 0 Å². The number of ketones is 1. The molecule has 2 unspecified atom stereocenters. The van der Waals surface area contributed by atoms with Gasteiger partial charge in [0.1, 0.15) is 0 Å². The fraction of sp³-hybridized carbons (Fsp3) is 0.583. The lowest BCUT2D eigenvalue weighted by Gasteiger charge is -2.14. The number of rotatable bonds is 3. The quantitative estimate of drug-likeness (QED) is 0.794. The van der Waals surface area contributed by atoms with E-state index in [0.29, 0.717) is 0 Å². The number of thiophene rings is 1. The summed E-state index contributed by atoms with van der Waals surface area (Å²) in [7, 11) is 0. The average Bonchev–Trinajstić information content (AvgIpc) is 2.85. The molecule has 2 nitrogen and oxygen atoms in total. The van der Waals surface area contributed by atoms with Crippen LogP contribution in [0.2, 0.25) is 0 Å². The first-order valence-electron chi connectivity index (χ1n) is 5.55. The summed E-state index contributed by atoms with van der Waals surface area (Å²) in [5, 5.41) is 0. The van der Waals surface area contributed by atoms with Crippen LogP contribution < -0.4 is 0 Å². The van der Waals surface area contributed by atoms with Crippen LogP contribution in [0.1, 0.15) is 34.3 Å². The molecule has 2 atom stereocenters. The molecule has 1 aliphatic heterocycles. The van der Waals surface area contributed by atoms with E-state index in [4.69, 9.17) is 4.74 Å². The van der Waals surface area contributed by atoms with Gasteiger partial charge in [0.2, 0.25) is 0 Å². The van der Waals surface area contributed by atoms with E-state index < -0.39 is 0 Å². The summed E-state index contributed by atoms with van der Waals surface area (Å²) in [5.74, 6) is 0.318. The third-order valence-electron chi connectivity index (χ3n) is 3.05. The second-order valence-electron chi connectivity index (χ2n) is 4.09. The number of carbonyl (C=O) groups is 1. The van der Waals surface area contributed by atoms with E-state index in [1.165, 1.54) is 0 Å². The number of hydrogen-bond acceptors (Lipinski definition) is 3. The third kappa shape index (κ3) is 2.24. The number of aryl methyl sites for hydroxylation is 1. The Hall–Kier alpha value is -0.190. The van der Waals surface area contributed by atoms with Gasteiger partial charge in [-0.05, 0) is 41.8 Å². The van der Waals surface area contributed by atoms with Crippen LogP contribution in [-0.2, 0) is 4.74 Å². The molecule has 0 aromatic carbocycles. The second kappa shape index (κ2) is 4.98. The van der Waals surface area contributed by atoms with Gasteiger partial charge in [-0.1, -0.05) is 6.92 Å². The van der Waals surface area contributed by atoms with Crippen LogP contribution >= 0.6 is 27.3 Å². The van der Waals surface area contributed by atoms with Gasteiger partial charge in [-0.2, -0.15) is 0 Å². The molecule has 2 rings (SSSR count). The highest BCUT2D eigenvalue weighted by atomic mass is 79.9. The van der Waals surface area contributed by atoms with E-state index in [0.717, 1.165) is 33.7 Å². The molecule has 0 spiro atoms. The Labute approximate surface area is 108 Å². The van der Waals surface area contributed by atoms with Crippen LogP contribution in [0.5, 0.6) is 0 Å². The van der Waals surface area contributed by atoms with Crippen molar-refractivity contribution < 1.29 is 9.53 Å². The van der Waals surface area contributed by atoms with Gasteiger partial charge < -0.3 is 4.74 Å².